The van der Waals surface area contributed by atoms with Crippen molar-refractivity contribution in [3.05, 3.63) is 53.1 Å². The van der Waals surface area contributed by atoms with E-state index in [2.05, 4.69) is 28.5 Å². The molecule has 0 radical (unpaired) electrons. The Hall–Kier alpha value is -2.91. The van der Waals surface area contributed by atoms with Gasteiger partial charge in [-0.05, 0) is 50.1 Å². The minimum absolute atomic E-state index is 0.304. The molecule has 1 unspecified atom stereocenters. The molecule has 0 spiro atoms. The fourth-order valence-corrected chi connectivity index (χ4v) is 3.58. The summed E-state index contributed by atoms with van der Waals surface area (Å²) in [5.41, 5.74) is 3.54. The van der Waals surface area contributed by atoms with Crippen LogP contribution in [0, 0.1) is 25.2 Å². The second kappa shape index (κ2) is 6.91. The molecule has 5 nitrogen and oxygen atoms in total. The first-order valence-electron chi connectivity index (χ1n) is 7.82. The number of nitrogens with one attached hydrogen (secondary N) is 1. The molecule has 1 heterocycles. The van der Waals surface area contributed by atoms with E-state index in [1.54, 1.807) is 31.2 Å². The summed E-state index contributed by atoms with van der Waals surface area (Å²) in [5, 5.41) is 12.4. The standard InChI is InChI=1S/C19H17N3O2S/c1-11-8-12(2)17-16(9-11)25-19(21-17)22-18(23)13(3)24-15-7-5-4-6-14(15)10-20/h4-9,13H,1-3H3,(H,21,22,23). The Morgan fingerprint density at radius 3 is 2.84 bits per heavy atom. The number of nitrogens with zero attached hydrogens (tertiary/aromatic N) is 2. The van der Waals surface area contributed by atoms with Crippen LogP contribution in [-0.2, 0) is 4.79 Å². The summed E-state index contributed by atoms with van der Waals surface area (Å²) in [4.78, 5) is 16.9. The van der Waals surface area contributed by atoms with Crippen LogP contribution in [0.5, 0.6) is 5.75 Å². The molecule has 0 aliphatic heterocycles. The lowest BCUT2D eigenvalue weighted by atomic mass is 10.1. The maximum Gasteiger partial charge on any atom is 0.266 e. The van der Waals surface area contributed by atoms with E-state index < -0.39 is 6.10 Å². The van der Waals surface area contributed by atoms with Gasteiger partial charge in [0, 0.05) is 0 Å². The number of ether oxygens (including phenoxy) is 1. The number of carbonyl (C=O) groups is 1. The van der Waals surface area contributed by atoms with E-state index in [-0.39, 0.29) is 5.91 Å². The number of anilines is 1. The van der Waals surface area contributed by atoms with Crippen molar-refractivity contribution in [2.75, 3.05) is 5.32 Å². The van der Waals surface area contributed by atoms with Gasteiger partial charge in [-0.2, -0.15) is 5.26 Å². The highest BCUT2D eigenvalue weighted by molar-refractivity contribution is 7.22. The molecule has 0 saturated heterocycles. The Labute approximate surface area is 149 Å². The van der Waals surface area contributed by atoms with Gasteiger partial charge < -0.3 is 4.74 Å². The Balaban J connectivity index is 1.75. The van der Waals surface area contributed by atoms with Crippen molar-refractivity contribution in [2.45, 2.75) is 26.9 Å². The fraction of sp³-hybridized carbons (Fsp3) is 0.211. The molecule has 0 fully saturated rings. The molecule has 1 amide bonds. The fourth-order valence-electron chi connectivity index (χ4n) is 2.54. The number of rotatable bonds is 4. The maximum absolute atomic E-state index is 12.4. The van der Waals surface area contributed by atoms with Crippen LogP contribution in [0.3, 0.4) is 0 Å². The second-order valence-corrected chi connectivity index (χ2v) is 6.84. The predicted molar refractivity (Wildman–Crippen MR) is 99.0 cm³/mol. The highest BCUT2D eigenvalue weighted by Gasteiger charge is 2.18. The number of fused-ring (bicyclic) bond motifs is 1. The summed E-state index contributed by atoms with van der Waals surface area (Å²) < 4.78 is 6.67. The third-order valence-corrected chi connectivity index (χ3v) is 4.66. The minimum Gasteiger partial charge on any atom is -0.480 e. The molecular weight excluding hydrogens is 334 g/mol. The highest BCUT2D eigenvalue weighted by Crippen LogP contribution is 2.29. The van der Waals surface area contributed by atoms with Crippen LogP contribution in [0.4, 0.5) is 5.13 Å². The van der Waals surface area contributed by atoms with Gasteiger partial charge in [0.15, 0.2) is 11.2 Å². The van der Waals surface area contributed by atoms with E-state index in [0.717, 1.165) is 21.3 Å². The van der Waals surface area contributed by atoms with E-state index in [1.807, 2.05) is 13.8 Å². The van der Waals surface area contributed by atoms with Crippen molar-refractivity contribution < 1.29 is 9.53 Å². The van der Waals surface area contributed by atoms with Crippen LogP contribution >= 0.6 is 11.3 Å². The summed E-state index contributed by atoms with van der Waals surface area (Å²) in [6.07, 6.45) is -0.746. The Morgan fingerprint density at radius 2 is 2.08 bits per heavy atom. The van der Waals surface area contributed by atoms with Crippen molar-refractivity contribution in [3.8, 4) is 11.8 Å². The summed E-state index contributed by atoms with van der Waals surface area (Å²) in [6, 6.07) is 13.0. The number of carbonyl (C=O) groups excluding carboxylic acids is 1. The first kappa shape index (κ1) is 16.9. The van der Waals surface area contributed by atoms with E-state index in [9.17, 15) is 4.79 Å². The number of hydrogen-bond acceptors (Lipinski definition) is 5. The molecule has 0 bridgehead atoms. The van der Waals surface area contributed by atoms with Crippen molar-refractivity contribution in [3.63, 3.8) is 0 Å². The number of thiazole rings is 1. The number of aromatic nitrogens is 1. The van der Waals surface area contributed by atoms with Crippen molar-refractivity contribution in [1.29, 1.82) is 5.26 Å². The number of amides is 1. The van der Waals surface area contributed by atoms with Gasteiger partial charge in [-0.1, -0.05) is 29.5 Å². The summed E-state index contributed by atoms with van der Waals surface area (Å²) >= 11 is 1.43. The number of para-hydroxylation sites is 1. The average Bonchev–Trinajstić information content (AvgIpc) is 2.97. The summed E-state index contributed by atoms with van der Waals surface area (Å²) in [5.74, 6) is 0.0876. The van der Waals surface area contributed by atoms with Gasteiger partial charge in [-0.25, -0.2) is 4.98 Å². The third kappa shape index (κ3) is 3.62. The number of nitriles is 1. The molecule has 25 heavy (non-hydrogen) atoms. The van der Waals surface area contributed by atoms with Crippen molar-refractivity contribution in [2.24, 2.45) is 0 Å². The lowest BCUT2D eigenvalue weighted by molar-refractivity contribution is -0.122. The predicted octanol–water partition coefficient (Wildman–Crippen LogP) is 4.19. The van der Waals surface area contributed by atoms with Gasteiger partial charge in [0.1, 0.15) is 11.8 Å². The Kier molecular flexibility index (Phi) is 4.68. The highest BCUT2D eigenvalue weighted by atomic mass is 32.1. The zero-order valence-electron chi connectivity index (χ0n) is 14.2. The molecule has 126 valence electrons. The topological polar surface area (TPSA) is 75.0 Å². The Bertz CT molecular complexity index is 988. The largest absolute Gasteiger partial charge is 0.480 e. The number of aryl methyl sites for hydroxylation is 2. The van der Waals surface area contributed by atoms with Gasteiger partial charge in [0.25, 0.3) is 5.91 Å². The van der Waals surface area contributed by atoms with Crippen LogP contribution in [0.2, 0.25) is 0 Å². The second-order valence-electron chi connectivity index (χ2n) is 5.80. The molecule has 1 N–H and O–H groups in total. The molecule has 1 aromatic heterocycles. The maximum atomic E-state index is 12.4. The average molecular weight is 351 g/mol. The quantitative estimate of drug-likeness (QED) is 0.765. The van der Waals surface area contributed by atoms with Gasteiger partial charge in [-0.15, -0.1) is 0 Å². The van der Waals surface area contributed by atoms with Crippen LogP contribution in [0.1, 0.15) is 23.6 Å². The van der Waals surface area contributed by atoms with E-state index in [4.69, 9.17) is 10.00 Å². The van der Waals surface area contributed by atoms with E-state index in [0.29, 0.717) is 16.4 Å². The minimum atomic E-state index is -0.746. The SMILES string of the molecule is Cc1cc(C)c2nc(NC(=O)C(C)Oc3ccccc3C#N)sc2c1. The van der Waals surface area contributed by atoms with Gasteiger partial charge in [-0.3, -0.25) is 10.1 Å². The zero-order valence-corrected chi connectivity index (χ0v) is 15.0. The Morgan fingerprint density at radius 1 is 1.32 bits per heavy atom. The number of benzene rings is 2. The molecule has 6 heteroatoms. The normalized spacial score (nSPS) is 11.8. The van der Waals surface area contributed by atoms with Crippen molar-refractivity contribution >= 4 is 32.6 Å². The van der Waals surface area contributed by atoms with Gasteiger partial charge >= 0.3 is 0 Å². The van der Waals surface area contributed by atoms with E-state index >= 15 is 0 Å². The molecule has 0 aliphatic carbocycles. The molecule has 2 aromatic carbocycles. The molecule has 1 atom stereocenters. The number of hydrogen-bond donors (Lipinski definition) is 1. The van der Waals surface area contributed by atoms with Crippen molar-refractivity contribution in [1.82, 2.24) is 4.98 Å². The zero-order chi connectivity index (χ0) is 18.0. The molecule has 3 aromatic rings. The first-order chi connectivity index (χ1) is 12.0. The van der Waals surface area contributed by atoms with Crippen LogP contribution in [-0.4, -0.2) is 17.0 Å². The van der Waals surface area contributed by atoms with Crippen LogP contribution in [0.15, 0.2) is 36.4 Å². The van der Waals surface area contributed by atoms with E-state index in [1.165, 1.54) is 11.3 Å². The molecule has 0 saturated carbocycles. The summed E-state index contributed by atoms with van der Waals surface area (Å²) in [6.45, 7) is 5.68. The monoisotopic (exact) mass is 351 g/mol. The molecule has 3 rings (SSSR count). The lowest BCUT2D eigenvalue weighted by Gasteiger charge is -2.14. The molecular formula is C19H17N3O2S. The summed E-state index contributed by atoms with van der Waals surface area (Å²) in [7, 11) is 0. The third-order valence-electron chi connectivity index (χ3n) is 3.74. The van der Waals surface area contributed by atoms with Crippen LogP contribution < -0.4 is 10.1 Å². The van der Waals surface area contributed by atoms with Gasteiger partial charge in [0.2, 0.25) is 0 Å². The smallest absolute Gasteiger partial charge is 0.266 e. The van der Waals surface area contributed by atoms with Crippen LogP contribution in [0.25, 0.3) is 10.2 Å². The van der Waals surface area contributed by atoms with Gasteiger partial charge in [0.05, 0.1) is 15.8 Å². The molecule has 0 aliphatic rings. The lowest BCUT2D eigenvalue weighted by Crippen LogP contribution is -2.30. The first-order valence-corrected chi connectivity index (χ1v) is 8.64.